The fraction of sp³-hybridized carbons (Fsp3) is 0.125. The van der Waals surface area contributed by atoms with Crippen molar-refractivity contribution in [3.05, 3.63) is 59.2 Å². The molecule has 0 saturated heterocycles. The fourth-order valence-electron chi connectivity index (χ4n) is 2.39. The average molecular weight is 287 g/mol. The molecule has 2 aromatic carbocycles. The van der Waals surface area contributed by atoms with Crippen LogP contribution in [0.4, 0.5) is 5.69 Å². The van der Waals surface area contributed by atoms with Crippen LogP contribution in [0.5, 0.6) is 5.75 Å². The largest absolute Gasteiger partial charge is 0.496 e. The molecule has 0 saturated carbocycles. The number of rotatable bonds is 3. The molecule has 0 aliphatic carbocycles. The summed E-state index contributed by atoms with van der Waals surface area (Å²) in [6, 6.07) is 13.6. The quantitative estimate of drug-likeness (QED) is 0.741. The van der Waals surface area contributed by atoms with Crippen molar-refractivity contribution in [3.63, 3.8) is 0 Å². The lowest BCUT2D eigenvalue weighted by Gasteiger charge is -2.11. The van der Waals surface area contributed by atoms with Gasteiger partial charge in [0.1, 0.15) is 5.75 Å². The van der Waals surface area contributed by atoms with Gasteiger partial charge in [0.15, 0.2) is 0 Å². The van der Waals surface area contributed by atoms with Crippen molar-refractivity contribution in [3.8, 4) is 5.75 Å². The second-order valence-electron chi connectivity index (χ2n) is 4.72. The number of hydrogen-bond acceptors (Lipinski definition) is 2. The molecule has 0 unspecified atom stereocenters. The van der Waals surface area contributed by atoms with Gasteiger partial charge in [0.05, 0.1) is 19.2 Å². The van der Waals surface area contributed by atoms with E-state index in [9.17, 15) is 0 Å². The van der Waals surface area contributed by atoms with E-state index in [1.807, 2.05) is 42.6 Å². The van der Waals surface area contributed by atoms with Crippen LogP contribution in [0.3, 0.4) is 0 Å². The molecule has 0 aliphatic heterocycles. The number of aromatic nitrogens is 1. The Bertz CT molecular complexity index is 764. The highest BCUT2D eigenvalue weighted by Crippen LogP contribution is 2.26. The number of anilines is 1. The zero-order valence-electron chi connectivity index (χ0n) is 11.1. The van der Waals surface area contributed by atoms with E-state index in [1.165, 1.54) is 5.39 Å². The van der Waals surface area contributed by atoms with Crippen LogP contribution in [0.25, 0.3) is 10.9 Å². The van der Waals surface area contributed by atoms with Crippen LogP contribution in [-0.2, 0) is 6.54 Å². The molecule has 3 aromatic rings. The highest BCUT2D eigenvalue weighted by molar-refractivity contribution is 6.30. The van der Waals surface area contributed by atoms with E-state index in [2.05, 4.69) is 10.6 Å². The summed E-state index contributed by atoms with van der Waals surface area (Å²) in [7, 11) is 1.67. The van der Waals surface area contributed by atoms with E-state index in [0.717, 1.165) is 22.5 Å². The molecule has 0 spiro atoms. The zero-order valence-corrected chi connectivity index (χ0v) is 11.9. The first-order valence-corrected chi connectivity index (χ1v) is 6.72. The van der Waals surface area contributed by atoms with Gasteiger partial charge in [-0.2, -0.15) is 0 Å². The van der Waals surface area contributed by atoms with Crippen LogP contribution in [0.1, 0.15) is 5.56 Å². The van der Waals surface area contributed by atoms with Crippen molar-refractivity contribution in [2.45, 2.75) is 6.54 Å². The normalized spacial score (nSPS) is 10.9. The first-order valence-electron chi connectivity index (χ1n) is 6.34. The van der Waals surface area contributed by atoms with Crippen LogP contribution in [0, 0.1) is 0 Å². The molecule has 20 heavy (non-hydrogen) atoms. The molecule has 3 rings (SSSR count). The second-order valence-corrected chi connectivity index (χ2v) is 5.15. The Morgan fingerprint density at radius 3 is 2.80 bits per heavy atom. The van der Waals surface area contributed by atoms with Gasteiger partial charge in [-0.3, -0.25) is 0 Å². The first-order chi connectivity index (χ1) is 9.67. The maximum atomic E-state index is 6.07. The van der Waals surface area contributed by atoms with E-state index in [0.29, 0.717) is 11.6 Å². The summed E-state index contributed by atoms with van der Waals surface area (Å²) in [6.45, 7) is 0.691. The number of fused-ring (bicyclic) bond motifs is 1. The third-order valence-electron chi connectivity index (χ3n) is 3.38. The van der Waals surface area contributed by atoms with E-state index < -0.39 is 0 Å². The standard InChI is InChI=1S/C16H15ClN2O/c1-20-16-5-3-13(17)8-12(16)10-19-7-6-11-2-4-14(18)9-15(11)19/h2-9H,10,18H2,1H3. The second kappa shape index (κ2) is 5.10. The van der Waals surface area contributed by atoms with Crippen molar-refractivity contribution >= 4 is 28.2 Å². The summed E-state index contributed by atoms with van der Waals surface area (Å²) in [5.74, 6) is 0.833. The van der Waals surface area contributed by atoms with E-state index in [-0.39, 0.29) is 0 Å². The van der Waals surface area contributed by atoms with Gasteiger partial charge < -0.3 is 15.0 Å². The van der Waals surface area contributed by atoms with Gasteiger partial charge in [-0.05, 0) is 41.8 Å². The summed E-state index contributed by atoms with van der Waals surface area (Å²) in [5, 5.41) is 1.87. The maximum Gasteiger partial charge on any atom is 0.123 e. The minimum Gasteiger partial charge on any atom is -0.496 e. The van der Waals surface area contributed by atoms with Gasteiger partial charge in [0, 0.05) is 22.5 Å². The van der Waals surface area contributed by atoms with E-state index >= 15 is 0 Å². The molecular formula is C16H15ClN2O. The van der Waals surface area contributed by atoms with Crippen molar-refractivity contribution in [2.24, 2.45) is 0 Å². The van der Waals surface area contributed by atoms with Gasteiger partial charge in [0.2, 0.25) is 0 Å². The fourth-order valence-corrected chi connectivity index (χ4v) is 2.59. The molecule has 0 radical (unpaired) electrons. The number of hydrogen-bond donors (Lipinski definition) is 1. The molecule has 0 atom stereocenters. The number of ether oxygens (including phenoxy) is 1. The third kappa shape index (κ3) is 2.32. The molecule has 4 heteroatoms. The van der Waals surface area contributed by atoms with Crippen LogP contribution >= 0.6 is 11.6 Å². The number of nitrogen functional groups attached to an aromatic ring is 1. The summed E-state index contributed by atoms with van der Waals surface area (Å²) >= 11 is 6.07. The Hall–Kier alpha value is -2.13. The Labute approximate surface area is 122 Å². The summed E-state index contributed by atoms with van der Waals surface area (Å²) in [4.78, 5) is 0. The van der Waals surface area contributed by atoms with Crippen molar-refractivity contribution < 1.29 is 4.74 Å². The minimum atomic E-state index is 0.691. The molecule has 0 fully saturated rings. The first kappa shape index (κ1) is 12.9. The lowest BCUT2D eigenvalue weighted by molar-refractivity contribution is 0.408. The van der Waals surface area contributed by atoms with Crippen LogP contribution in [-0.4, -0.2) is 11.7 Å². The monoisotopic (exact) mass is 286 g/mol. The predicted molar refractivity (Wildman–Crippen MR) is 83.5 cm³/mol. The van der Waals surface area contributed by atoms with Crippen LogP contribution in [0.2, 0.25) is 5.02 Å². The van der Waals surface area contributed by atoms with Crippen LogP contribution < -0.4 is 10.5 Å². The number of nitrogens with two attached hydrogens (primary N) is 1. The molecule has 0 aliphatic rings. The van der Waals surface area contributed by atoms with Crippen LogP contribution in [0.15, 0.2) is 48.7 Å². The Kier molecular flexibility index (Phi) is 3.28. The molecule has 0 bridgehead atoms. The smallest absolute Gasteiger partial charge is 0.123 e. The SMILES string of the molecule is COc1ccc(Cl)cc1Cn1ccc2ccc(N)cc21. The maximum absolute atomic E-state index is 6.07. The van der Waals surface area contributed by atoms with Gasteiger partial charge in [-0.1, -0.05) is 17.7 Å². The molecule has 3 nitrogen and oxygen atoms in total. The number of nitrogens with zero attached hydrogens (tertiary/aromatic N) is 1. The van der Waals surface area contributed by atoms with E-state index in [4.69, 9.17) is 22.1 Å². The highest BCUT2D eigenvalue weighted by Gasteiger charge is 2.07. The van der Waals surface area contributed by atoms with Crippen molar-refractivity contribution in [2.75, 3.05) is 12.8 Å². The topological polar surface area (TPSA) is 40.2 Å². The summed E-state index contributed by atoms with van der Waals surface area (Å²) in [6.07, 6.45) is 2.05. The Balaban J connectivity index is 2.05. The average Bonchev–Trinajstić information content (AvgIpc) is 2.82. The Morgan fingerprint density at radius 1 is 1.15 bits per heavy atom. The van der Waals surface area contributed by atoms with Gasteiger partial charge >= 0.3 is 0 Å². The third-order valence-corrected chi connectivity index (χ3v) is 3.62. The molecule has 1 aromatic heterocycles. The minimum absolute atomic E-state index is 0.691. The molecule has 102 valence electrons. The number of methoxy groups -OCH3 is 1. The highest BCUT2D eigenvalue weighted by atomic mass is 35.5. The zero-order chi connectivity index (χ0) is 14.1. The molecule has 0 amide bonds. The predicted octanol–water partition coefficient (Wildman–Crippen LogP) is 3.93. The summed E-state index contributed by atoms with van der Waals surface area (Å²) < 4.78 is 7.53. The number of benzene rings is 2. The Morgan fingerprint density at radius 2 is 2.00 bits per heavy atom. The molecule has 2 N–H and O–H groups in total. The van der Waals surface area contributed by atoms with Gasteiger partial charge in [-0.15, -0.1) is 0 Å². The van der Waals surface area contributed by atoms with Gasteiger partial charge in [-0.25, -0.2) is 0 Å². The lowest BCUT2D eigenvalue weighted by Crippen LogP contribution is -2.01. The van der Waals surface area contributed by atoms with E-state index in [1.54, 1.807) is 7.11 Å². The molecule has 1 heterocycles. The molecular weight excluding hydrogens is 272 g/mol. The number of halogens is 1. The van der Waals surface area contributed by atoms with Crippen molar-refractivity contribution in [1.82, 2.24) is 4.57 Å². The van der Waals surface area contributed by atoms with Gasteiger partial charge in [0.25, 0.3) is 0 Å². The lowest BCUT2D eigenvalue weighted by atomic mass is 10.2. The van der Waals surface area contributed by atoms with Crippen molar-refractivity contribution in [1.29, 1.82) is 0 Å². The summed E-state index contributed by atoms with van der Waals surface area (Å²) in [5.41, 5.74) is 8.77.